The highest BCUT2D eigenvalue weighted by atomic mass is 35.5. The minimum atomic E-state index is -0.254. The monoisotopic (exact) mass is 216 g/mol. The van der Waals surface area contributed by atoms with Gasteiger partial charge in [-0.2, -0.15) is 0 Å². The summed E-state index contributed by atoms with van der Waals surface area (Å²) in [6.07, 6.45) is 3.10. The number of aromatic nitrogens is 1. The number of halogens is 1. The predicted molar refractivity (Wildman–Crippen MR) is 55.2 cm³/mol. The highest BCUT2D eigenvalue weighted by molar-refractivity contribution is 5.93. The largest absolute Gasteiger partial charge is 0.274 e. The molecule has 1 amide bonds. The number of hydroxylamine groups is 1. The molecule has 0 atom stereocenters. The van der Waals surface area contributed by atoms with Crippen LogP contribution in [-0.2, 0) is 4.84 Å². The molecule has 78 valence electrons. The second-order valence-corrected chi connectivity index (χ2v) is 2.83. The number of hydrogen-bond acceptors (Lipinski definition) is 3. The van der Waals surface area contributed by atoms with E-state index in [1.54, 1.807) is 24.5 Å². The van der Waals surface area contributed by atoms with Crippen molar-refractivity contribution in [2.24, 2.45) is 0 Å². The average molecular weight is 217 g/mol. The number of nitrogens with zero attached hydrogens (tertiary/aromatic N) is 1. The fourth-order valence-electron chi connectivity index (χ4n) is 0.734. The van der Waals surface area contributed by atoms with Crippen molar-refractivity contribution in [3.8, 4) is 0 Å². The predicted octanol–water partition coefficient (Wildman–Crippen LogP) is 1.57. The third-order valence-corrected chi connectivity index (χ3v) is 1.33. The van der Waals surface area contributed by atoms with Gasteiger partial charge in [-0.1, -0.05) is 0 Å². The van der Waals surface area contributed by atoms with Crippen LogP contribution >= 0.6 is 12.4 Å². The molecular formula is C9H13ClN2O2. The fraction of sp³-hybridized carbons (Fsp3) is 0.333. The van der Waals surface area contributed by atoms with Gasteiger partial charge in [-0.25, -0.2) is 5.48 Å². The van der Waals surface area contributed by atoms with Crippen LogP contribution in [0.1, 0.15) is 24.2 Å². The van der Waals surface area contributed by atoms with Crippen LogP contribution in [0.4, 0.5) is 0 Å². The van der Waals surface area contributed by atoms with Gasteiger partial charge in [-0.3, -0.25) is 14.6 Å². The van der Waals surface area contributed by atoms with E-state index in [0.717, 1.165) is 0 Å². The van der Waals surface area contributed by atoms with Crippen LogP contribution in [0, 0.1) is 0 Å². The molecule has 1 aromatic heterocycles. The van der Waals surface area contributed by atoms with E-state index in [1.165, 1.54) is 0 Å². The molecule has 0 unspecified atom stereocenters. The minimum Gasteiger partial charge on any atom is -0.271 e. The second-order valence-electron chi connectivity index (χ2n) is 2.83. The van der Waals surface area contributed by atoms with E-state index >= 15 is 0 Å². The molecule has 0 aliphatic rings. The van der Waals surface area contributed by atoms with Gasteiger partial charge in [0.05, 0.1) is 6.10 Å². The Bertz CT molecular complexity index is 277. The Balaban J connectivity index is 0.00000169. The van der Waals surface area contributed by atoms with Gasteiger partial charge in [0, 0.05) is 18.0 Å². The Labute approximate surface area is 89.0 Å². The summed E-state index contributed by atoms with van der Waals surface area (Å²) in [4.78, 5) is 20.0. The van der Waals surface area contributed by atoms with E-state index in [9.17, 15) is 4.79 Å². The third kappa shape index (κ3) is 4.20. The maximum Gasteiger partial charge on any atom is 0.274 e. The molecule has 0 fully saturated rings. The fourth-order valence-corrected chi connectivity index (χ4v) is 0.734. The maximum atomic E-state index is 11.3. The molecule has 0 bridgehead atoms. The van der Waals surface area contributed by atoms with E-state index in [2.05, 4.69) is 10.5 Å². The lowest BCUT2D eigenvalue weighted by Gasteiger charge is -2.07. The molecular weight excluding hydrogens is 204 g/mol. The van der Waals surface area contributed by atoms with E-state index in [4.69, 9.17) is 4.84 Å². The second kappa shape index (κ2) is 6.34. The highest BCUT2D eigenvalue weighted by Crippen LogP contribution is 1.95. The summed E-state index contributed by atoms with van der Waals surface area (Å²) in [7, 11) is 0. The maximum absolute atomic E-state index is 11.3. The molecule has 0 saturated carbocycles. The SMILES string of the molecule is CC(C)ONC(=O)c1ccncc1.Cl. The summed E-state index contributed by atoms with van der Waals surface area (Å²) in [6, 6.07) is 3.25. The van der Waals surface area contributed by atoms with Gasteiger partial charge in [0.2, 0.25) is 0 Å². The Kier molecular flexibility index (Phi) is 5.83. The molecule has 4 nitrogen and oxygen atoms in total. The van der Waals surface area contributed by atoms with Crippen molar-refractivity contribution < 1.29 is 9.63 Å². The van der Waals surface area contributed by atoms with Gasteiger partial charge in [-0.15, -0.1) is 12.4 Å². The quantitative estimate of drug-likeness (QED) is 0.781. The van der Waals surface area contributed by atoms with Crippen LogP contribution in [0.3, 0.4) is 0 Å². The number of nitrogens with one attached hydrogen (secondary N) is 1. The number of carbonyl (C=O) groups excluding carboxylic acids is 1. The first-order valence-electron chi connectivity index (χ1n) is 4.06. The molecule has 0 aliphatic heterocycles. The lowest BCUT2D eigenvalue weighted by Crippen LogP contribution is -2.26. The summed E-state index contributed by atoms with van der Waals surface area (Å²) in [5.41, 5.74) is 2.87. The number of pyridine rings is 1. The van der Waals surface area contributed by atoms with Crippen molar-refractivity contribution in [2.45, 2.75) is 20.0 Å². The molecule has 5 heteroatoms. The normalized spacial score (nSPS) is 9.36. The number of hydrogen-bond donors (Lipinski definition) is 1. The standard InChI is InChI=1S/C9H12N2O2.ClH/c1-7(2)13-11-9(12)8-3-5-10-6-4-8;/h3-7H,1-2H3,(H,11,12);1H. The van der Waals surface area contributed by atoms with Crippen molar-refractivity contribution in [3.63, 3.8) is 0 Å². The van der Waals surface area contributed by atoms with Crippen molar-refractivity contribution in [1.82, 2.24) is 10.5 Å². The zero-order valence-electron chi connectivity index (χ0n) is 8.06. The number of rotatable bonds is 3. The van der Waals surface area contributed by atoms with Gasteiger partial charge < -0.3 is 0 Å². The van der Waals surface area contributed by atoms with Gasteiger partial charge in [0.15, 0.2) is 0 Å². The summed E-state index contributed by atoms with van der Waals surface area (Å²) < 4.78 is 0. The number of carbonyl (C=O) groups is 1. The molecule has 0 spiro atoms. The highest BCUT2D eigenvalue weighted by Gasteiger charge is 2.04. The summed E-state index contributed by atoms with van der Waals surface area (Å²) >= 11 is 0. The van der Waals surface area contributed by atoms with E-state index in [0.29, 0.717) is 5.56 Å². The lowest BCUT2D eigenvalue weighted by atomic mass is 10.3. The molecule has 1 aromatic rings. The molecule has 0 aromatic carbocycles. The molecule has 1 heterocycles. The van der Waals surface area contributed by atoms with Gasteiger partial charge in [-0.05, 0) is 26.0 Å². The molecule has 0 saturated heterocycles. The van der Waals surface area contributed by atoms with Gasteiger partial charge >= 0.3 is 0 Å². The first-order chi connectivity index (χ1) is 6.20. The van der Waals surface area contributed by atoms with E-state index in [-0.39, 0.29) is 24.4 Å². The lowest BCUT2D eigenvalue weighted by molar-refractivity contribution is 0.000184. The zero-order valence-corrected chi connectivity index (χ0v) is 8.88. The third-order valence-electron chi connectivity index (χ3n) is 1.33. The van der Waals surface area contributed by atoms with Crippen LogP contribution in [0.2, 0.25) is 0 Å². The number of amides is 1. The van der Waals surface area contributed by atoms with E-state index < -0.39 is 0 Å². The van der Waals surface area contributed by atoms with Crippen LogP contribution in [0.15, 0.2) is 24.5 Å². The molecule has 1 N–H and O–H groups in total. The molecule has 0 radical (unpaired) electrons. The first-order valence-corrected chi connectivity index (χ1v) is 4.06. The topological polar surface area (TPSA) is 51.2 Å². The average Bonchev–Trinajstić information content (AvgIpc) is 2.15. The van der Waals surface area contributed by atoms with Crippen molar-refractivity contribution in [3.05, 3.63) is 30.1 Å². The van der Waals surface area contributed by atoms with Crippen molar-refractivity contribution >= 4 is 18.3 Å². The summed E-state index contributed by atoms with van der Waals surface area (Å²) in [6.45, 7) is 3.68. The minimum absolute atomic E-state index is 0. The molecule has 1 rings (SSSR count). The Morgan fingerprint density at radius 2 is 2.00 bits per heavy atom. The van der Waals surface area contributed by atoms with Crippen molar-refractivity contribution in [1.29, 1.82) is 0 Å². The Morgan fingerprint density at radius 3 is 2.50 bits per heavy atom. The smallest absolute Gasteiger partial charge is 0.271 e. The van der Waals surface area contributed by atoms with Gasteiger partial charge in [0.25, 0.3) is 5.91 Å². The summed E-state index contributed by atoms with van der Waals surface area (Å²) in [5.74, 6) is -0.254. The summed E-state index contributed by atoms with van der Waals surface area (Å²) in [5, 5.41) is 0. The Morgan fingerprint density at radius 1 is 1.43 bits per heavy atom. The van der Waals surface area contributed by atoms with Gasteiger partial charge in [0.1, 0.15) is 0 Å². The van der Waals surface area contributed by atoms with Crippen LogP contribution in [0.25, 0.3) is 0 Å². The first kappa shape index (κ1) is 12.9. The van der Waals surface area contributed by atoms with Crippen LogP contribution in [-0.4, -0.2) is 17.0 Å². The zero-order chi connectivity index (χ0) is 9.68. The van der Waals surface area contributed by atoms with Crippen LogP contribution < -0.4 is 5.48 Å². The van der Waals surface area contributed by atoms with E-state index in [1.807, 2.05) is 13.8 Å². The molecule has 0 aliphatic carbocycles. The Hall–Kier alpha value is -1.13. The molecule has 14 heavy (non-hydrogen) atoms. The van der Waals surface area contributed by atoms with Crippen LogP contribution in [0.5, 0.6) is 0 Å². The van der Waals surface area contributed by atoms with Crippen molar-refractivity contribution in [2.75, 3.05) is 0 Å².